The van der Waals surface area contributed by atoms with Crippen LogP contribution in [0.15, 0.2) is 88.2 Å². The highest BCUT2D eigenvalue weighted by Crippen LogP contribution is 2.34. The van der Waals surface area contributed by atoms with Crippen molar-refractivity contribution in [2.24, 2.45) is 0 Å². The fraction of sp³-hybridized carbons (Fsp3) is 0.161. The second kappa shape index (κ2) is 9.59. The molecule has 6 rings (SSSR count). The molecule has 0 aliphatic carbocycles. The van der Waals surface area contributed by atoms with E-state index in [-0.39, 0.29) is 0 Å². The molecule has 0 atom stereocenters. The Kier molecular flexibility index (Phi) is 5.96. The Bertz CT molecular complexity index is 1810. The number of H-pyrrole nitrogens is 1. The first-order valence-electron chi connectivity index (χ1n) is 12.7. The lowest BCUT2D eigenvalue weighted by molar-refractivity contribution is 0.388. The number of nitrogens with zero attached hydrogens (tertiary/aromatic N) is 4. The van der Waals surface area contributed by atoms with Crippen LogP contribution in [-0.4, -0.2) is 24.7 Å². The molecule has 38 heavy (non-hydrogen) atoms. The SMILES string of the molecule is CCc1nc2c(C)cc(C)nc2n1Cc1ccc(-c2cc(-c3ccccc3)ccc2-c2noc(=O)[nH]2)cc1. The van der Waals surface area contributed by atoms with Crippen LogP contribution in [0.1, 0.15) is 29.6 Å². The predicted octanol–water partition coefficient (Wildman–Crippen LogP) is 6.34. The van der Waals surface area contributed by atoms with Gasteiger partial charge in [0.05, 0.1) is 6.54 Å². The molecule has 0 amide bonds. The minimum Gasteiger partial charge on any atom is -0.308 e. The van der Waals surface area contributed by atoms with E-state index in [9.17, 15) is 4.79 Å². The fourth-order valence-corrected chi connectivity index (χ4v) is 5.00. The van der Waals surface area contributed by atoms with E-state index in [4.69, 9.17) is 14.5 Å². The van der Waals surface area contributed by atoms with Crippen molar-refractivity contribution >= 4 is 11.2 Å². The molecular formula is C31H27N5O2. The zero-order valence-electron chi connectivity index (χ0n) is 21.5. The highest BCUT2D eigenvalue weighted by atomic mass is 16.5. The number of benzene rings is 3. The van der Waals surface area contributed by atoms with Crippen LogP contribution in [-0.2, 0) is 13.0 Å². The van der Waals surface area contributed by atoms with E-state index in [0.717, 1.165) is 68.0 Å². The highest BCUT2D eigenvalue weighted by Gasteiger charge is 2.16. The summed E-state index contributed by atoms with van der Waals surface area (Å²) in [5, 5.41) is 3.94. The number of rotatable bonds is 6. The quantitative estimate of drug-likeness (QED) is 0.288. The van der Waals surface area contributed by atoms with Crippen molar-refractivity contribution in [3.05, 3.63) is 112 Å². The molecule has 7 heteroatoms. The smallest absolute Gasteiger partial charge is 0.308 e. The zero-order valence-corrected chi connectivity index (χ0v) is 21.5. The molecule has 0 radical (unpaired) electrons. The average Bonchev–Trinajstić information content (AvgIpc) is 3.53. The first-order valence-corrected chi connectivity index (χ1v) is 12.7. The van der Waals surface area contributed by atoms with Gasteiger partial charge >= 0.3 is 5.76 Å². The summed E-state index contributed by atoms with van der Waals surface area (Å²) in [6, 6.07) is 26.9. The van der Waals surface area contributed by atoms with Gasteiger partial charge in [-0.3, -0.25) is 9.51 Å². The molecule has 3 aromatic carbocycles. The first kappa shape index (κ1) is 23.6. The monoisotopic (exact) mass is 501 g/mol. The van der Waals surface area contributed by atoms with Gasteiger partial charge in [-0.2, -0.15) is 0 Å². The summed E-state index contributed by atoms with van der Waals surface area (Å²) in [6.45, 7) is 6.92. The van der Waals surface area contributed by atoms with E-state index in [1.165, 1.54) is 0 Å². The molecular weight excluding hydrogens is 474 g/mol. The third-order valence-corrected chi connectivity index (χ3v) is 6.85. The maximum Gasteiger partial charge on any atom is 0.439 e. The zero-order chi connectivity index (χ0) is 26.2. The molecule has 0 saturated carbocycles. The number of pyridine rings is 1. The predicted molar refractivity (Wildman–Crippen MR) is 149 cm³/mol. The lowest BCUT2D eigenvalue weighted by Crippen LogP contribution is -2.05. The van der Waals surface area contributed by atoms with E-state index in [1.54, 1.807) is 0 Å². The largest absolute Gasteiger partial charge is 0.439 e. The van der Waals surface area contributed by atoms with E-state index in [2.05, 4.69) is 77.1 Å². The van der Waals surface area contributed by atoms with Gasteiger partial charge < -0.3 is 4.57 Å². The van der Waals surface area contributed by atoms with Gasteiger partial charge in [-0.25, -0.2) is 14.8 Å². The van der Waals surface area contributed by atoms with Crippen molar-refractivity contribution in [2.75, 3.05) is 0 Å². The number of fused-ring (bicyclic) bond motifs is 1. The van der Waals surface area contributed by atoms with Gasteiger partial charge in [0.2, 0.25) is 0 Å². The van der Waals surface area contributed by atoms with Crippen LogP contribution >= 0.6 is 0 Å². The van der Waals surface area contributed by atoms with Crippen LogP contribution in [0.2, 0.25) is 0 Å². The summed E-state index contributed by atoms with van der Waals surface area (Å²) >= 11 is 0. The minimum atomic E-state index is -0.577. The summed E-state index contributed by atoms with van der Waals surface area (Å²) in [7, 11) is 0. The van der Waals surface area contributed by atoms with Gasteiger partial charge in [-0.15, -0.1) is 0 Å². The third kappa shape index (κ3) is 4.32. The summed E-state index contributed by atoms with van der Waals surface area (Å²) < 4.78 is 7.01. The Morgan fingerprint density at radius 2 is 1.61 bits per heavy atom. The Morgan fingerprint density at radius 3 is 2.32 bits per heavy atom. The number of hydrogen-bond acceptors (Lipinski definition) is 5. The Morgan fingerprint density at radius 1 is 0.842 bits per heavy atom. The number of aromatic nitrogens is 5. The van der Waals surface area contributed by atoms with Crippen LogP contribution < -0.4 is 5.76 Å². The van der Waals surface area contributed by atoms with E-state index >= 15 is 0 Å². The maximum absolute atomic E-state index is 11.7. The van der Waals surface area contributed by atoms with Gasteiger partial charge in [0, 0.05) is 17.7 Å². The second-order valence-electron chi connectivity index (χ2n) is 9.49. The average molecular weight is 502 g/mol. The van der Waals surface area contributed by atoms with Gasteiger partial charge in [0.15, 0.2) is 11.5 Å². The Labute approximate surface area is 219 Å². The van der Waals surface area contributed by atoms with Crippen LogP contribution in [0.5, 0.6) is 0 Å². The third-order valence-electron chi connectivity index (χ3n) is 6.85. The van der Waals surface area contributed by atoms with Crippen LogP contribution in [0.25, 0.3) is 44.8 Å². The molecule has 0 fully saturated rings. The van der Waals surface area contributed by atoms with Crippen molar-refractivity contribution in [3.8, 4) is 33.6 Å². The molecule has 1 N–H and O–H groups in total. The second-order valence-corrected chi connectivity index (χ2v) is 9.49. The summed E-state index contributed by atoms with van der Waals surface area (Å²) in [5.41, 5.74) is 10.1. The van der Waals surface area contributed by atoms with Crippen LogP contribution in [0.3, 0.4) is 0 Å². The Hall–Kier alpha value is -4.78. The van der Waals surface area contributed by atoms with Crippen LogP contribution in [0, 0.1) is 13.8 Å². The first-order chi connectivity index (χ1) is 18.5. The number of imidazole rings is 1. The molecule has 0 aliphatic heterocycles. The molecule has 0 bridgehead atoms. The van der Waals surface area contributed by atoms with Crippen molar-refractivity contribution < 1.29 is 4.52 Å². The van der Waals surface area contributed by atoms with Gasteiger partial charge in [-0.1, -0.05) is 72.7 Å². The lowest BCUT2D eigenvalue weighted by Gasteiger charge is -2.12. The van der Waals surface area contributed by atoms with Crippen molar-refractivity contribution in [1.82, 2.24) is 24.7 Å². The normalized spacial score (nSPS) is 11.3. The summed E-state index contributed by atoms with van der Waals surface area (Å²) in [6.07, 6.45) is 0.832. The molecule has 0 spiro atoms. The van der Waals surface area contributed by atoms with Crippen molar-refractivity contribution in [3.63, 3.8) is 0 Å². The summed E-state index contributed by atoms with van der Waals surface area (Å²) in [5.74, 6) is 0.855. The fourth-order valence-electron chi connectivity index (χ4n) is 5.00. The number of nitrogens with one attached hydrogen (secondary N) is 1. The minimum absolute atomic E-state index is 0.406. The molecule has 0 aliphatic rings. The van der Waals surface area contributed by atoms with E-state index in [0.29, 0.717) is 12.4 Å². The molecule has 7 nitrogen and oxygen atoms in total. The molecule has 3 aromatic heterocycles. The van der Waals surface area contributed by atoms with Gasteiger partial charge in [0.25, 0.3) is 0 Å². The van der Waals surface area contributed by atoms with Crippen molar-refractivity contribution in [1.29, 1.82) is 0 Å². The molecule has 0 saturated heterocycles. The lowest BCUT2D eigenvalue weighted by atomic mass is 9.93. The van der Waals surface area contributed by atoms with Gasteiger partial charge in [-0.05, 0) is 65.4 Å². The Balaban J connectivity index is 1.41. The van der Waals surface area contributed by atoms with E-state index < -0.39 is 5.76 Å². The topological polar surface area (TPSA) is 89.6 Å². The maximum atomic E-state index is 11.7. The molecule has 3 heterocycles. The highest BCUT2D eigenvalue weighted by molar-refractivity contribution is 5.85. The summed E-state index contributed by atoms with van der Waals surface area (Å²) in [4.78, 5) is 24.1. The molecule has 6 aromatic rings. The number of aromatic amines is 1. The standard InChI is InChI=1S/C31H27N5O2/c1-4-27-33-28-19(2)16-20(3)32-30(28)36(27)18-21-10-12-23(13-11-21)26-17-24(22-8-6-5-7-9-22)14-15-25(26)29-34-31(37)38-35-29/h5-17H,4,18H2,1-3H3,(H,34,35,37). The number of hydrogen-bond donors (Lipinski definition) is 1. The molecule has 0 unspecified atom stereocenters. The number of aryl methyl sites for hydroxylation is 3. The van der Waals surface area contributed by atoms with Gasteiger partial charge in [0.1, 0.15) is 11.3 Å². The molecule has 188 valence electrons. The van der Waals surface area contributed by atoms with Crippen molar-refractivity contribution in [2.45, 2.75) is 33.7 Å². The van der Waals surface area contributed by atoms with Crippen LogP contribution in [0.4, 0.5) is 0 Å². The van der Waals surface area contributed by atoms with E-state index in [1.807, 2.05) is 37.3 Å².